The molecule has 1 saturated heterocycles. The molecular weight excluding hydrogens is 799 g/mol. The third kappa shape index (κ3) is 10.1. The van der Waals surface area contributed by atoms with E-state index in [0.29, 0.717) is 26.4 Å². The van der Waals surface area contributed by atoms with Crippen LogP contribution >= 0.6 is 15.9 Å². The second kappa shape index (κ2) is 17.4. The number of rotatable bonds is 11. The molecule has 2 amide bonds. The van der Waals surface area contributed by atoms with Gasteiger partial charge in [0.1, 0.15) is 50.3 Å². The second-order valence-corrected chi connectivity index (χ2v) is 29.3. The van der Waals surface area contributed by atoms with Crippen molar-refractivity contribution < 1.29 is 28.5 Å². The second-order valence-electron chi connectivity index (χ2n) is 17.2. The molecule has 0 saturated carbocycles. The molecule has 0 radical (unpaired) electrons. The molecule has 13 nitrogen and oxygen atoms in total. The van der Waals surface area contributed by atoms with Gasteiger partial charge in [0.15, 0.2) is 11.7 Å². The van der Waals surface area contributed by atoms with E-state index in [4.69, 9.17) is 18.9 Å². The average Bonchev–Trinajstić information content (AvgIpc) is 3.14. The van der Waals surface area contributed by atoms with Crippen LogP contribution in [-0.2, 0) is 19.1 Å². The molecule has 0 aromatic heterocycles. The first-order valence-corrected chi connectivity index (χ1v) is 27.8. The number of hydrogen-bond donors (Lipinski definition) is 0. The van der Waals surface area contributed by atoms with Gasteiger partial charge in [-0.1, -0.05) is 55.2 Å². The number of amides is 2. The summed E-state index contributed by atoms with van der Waals surface area (Å²) < 4.78 is 24.2. The lowest BCUT2D eigenvalue weighted by atomic mass is 10.1. The van der Waals surface area contributed by atoms with Crippen LogP contribution in [0.1, 0.15) is 33.1 Å². The van der Waals surface area contributed by atoms with E-state index in [2.05, 4.69) is 82.4 Å². The van der Waals surface area contributed by atoms with E-state index in [9.17, 15) is 9.59 Å². The SMILES string of the molecule is CC1C(=O)N(COCC[Si](C)(C)C)N=C2COc3ccc(Br)cc3N21.CC1C(=O)N(COCC[Si](C)(C)C)N=C2COc3ccc(N4CCCCC4)cc3N21. The molecule has 2 atom stereocenters. The van der Waals surface area contributed by atoms with Gasteiger partial charge >= 0.3 is 0 Å². The maximum absolute atomic E-state index is 13.0. The minimum absolute atomic E-state index is 0.0389. The van der Waals surface area contributed by atoms with Crippen LogP contribution in [0.5, 0.6) is 11.5 Å². The molecule has 2 aromatic rings. The zero-order chi connectivity index (χ0) is 39.5. The molecular formula is C39H58BrN7O6Si2. The number of carbonyl (C=O) groups excluding carboxylic acids is 2. The predicted octanol–water partition coefficient (Wildman–Crippen LogP) is 7.24. The standard InChI is InChI=1S/C22H34N4O3Si.C17H24BrN3O3Si/c1-17-22(27)25(16-28-12-13-30(2,3)4)23-21-15-29-20-9-8-18(14-19(20)26(17)21)24-10-6-5-7-11-24;1-12-17(22)20(11-23-7-8-25(2,3)4)19-16-10-24-15-6-5-13(18)9-14(15)21(12)16/h8-9,14,17H,5-7,10-13,15-16H2,1-4H3;5-6,9,12H,7-8,10-11H2,1-4H3. The van der Waals surface area contributed by atoms with Gasteiger partial charge in [0.25, 0.3) is 11.8 Å². The number of hydrogen-bond acceptors (Lipinski definition) is 11. The normalized spacial score (nSPS) is 20.9. The van der Waals surface area contributed by atoms with Crippen molar-refractivity contribution in [2.75, 3.05) is 67.7 Å². The highest BCUT2D eigenvalue weighted by atomic mass is 79.9. The summed E-state index contributed by atoms with van der Waals surface area (Å²) in [5.41, 5.74) is 2.98. The van der Waals surface area contributed by atoms with Crippen LogP contribution in [0, 0.1) is 0 Å². The van der Waals surface area contributed by atoms with Crippen LogP contribution in [0.4, 0.5) is 17.1 Å². The van der Waals surface area contributed by atoms with Gasteiger partial charge in [0, 0.05) is 52.6 Å². The molecule has 16 heteroatoms. The lowest BCUT2D eigenvalue weighted by Crippen LogP contribution is -2.57. The van der Waals surface area contributed by atoms with Crippen molar-refractivity contribution in [3.8, 4) is 11.5 Å². The van der Waals surface area contributed by atoms with Crippen molar-refractivity contribution in [1.82, 2.24) is 10.0 Å². The Hall–Kier alpha value is -3.45. The summed E-state index contributed by atoms with van der Waals surface area (Å²) in [5, 5.41) is 11.9. The van der Waals surface area contributed by atoms with Gasteiger partial charge in [0.05, 0.1) is 11.4 Å². The zero-order valence-corrected chi connectivity index (χ0v) is 37.4. The molecule has 2 aromatic carbocycles. The Morgan fingerprint density at radius 3 is 1.67 bits per heavy atom. The molecule has 5 aliphatic heterocycles. The summed E-state index contributed by atoms with van der Waals surface area (Å²) in [6, 6.07) is 13.5. The van der Waals surface area contributed by atoms with Gasteiger partial charge in [-0.2, -0.15) is 10.2 Å². The number of nitrogens with zero attached hydrogens (tertiary/aromatic N) is 7. The third-order valence-electron chi connectivity index (χ3n) is 10.3. The summed E-state index contributed by atoms with van der Waals surface area (Å²) in [6.07, 6.45) is 3.76. The van der Waals surface area contributed by atoms with Gasteiger partial charge < -0.3 is 33.6 Å². The van der Waals surface area contributed by atoms with Gasteiger partial charge in [0.2, 0.25) is 0 Å². The van der Waals surface area contributed by atoms with E-state index < -0.39 is 16.1 Å². The van der Waals surface area contributed by atoms with Crippen molar-refractivity contribution in [2.24, 2.45) is 10.2 Å². The number of ether oxygens (including phenoxy) is 4. The number of amidine groups is 2. The lowest BCUT2D eigenvalue weighted by molar-refractivity contribution is -0.139. The van der Waals surface area contributed by atoms with Crippen LogP contribution < -0.4 is 24.2 Å². The van der Waals surface area contributed by atoms with E-state index in [0.717, 1.165) is 64.2 Å². The molecule has 0 bridgehead atoms. The monoisotopic (exact) mass is 855 g/mol. The highest BCUT2D eigenvalue weighted by Gasteiger charge is 2.40. The maximum Gasteiger partial charge on any atom is 0.267 e. The lowest BCUT2D eigenvalue weighted by Gasteiger charge is -2.41. The first-order chi connectivity index (χ1) is 26.1. The number of fused-ring (bicyclic) bond motifs is 6. The third-order valence-corrected chi connectivity index (χ3v) is 14.2. The largest absolute Gasteiger partial charge is 0.483 e. The molecule has 0 aliphatic carbocycles. The molecule has 5 heterocycles. The minimum Gasteiger partial charge on any atom is -0.483 e. The zero-order valence-electron chi connectivity index (χ0n) is 33.8. The Labute approximate surface area is 336 Å². The van der Waals surface area contributed by atoms with E-state index in [1.54, 1.807) is 0 Å². The van der Waals surface area contributed by atoms with E-state index >= 15 is 0 Å². The fourth-order valence-corrected chi connectivity index (χ4v) is 8.82. The Morgan fingerprint density at radius 1 is 0.709 bits per heavy atom. The van der Waals surface area contributed by atoms with Gasteiger partial charge in [-0.3, -0.25) is 9.59 Å². The van der Waals surface area contributed by atoms with Crippen molar-refractivity contribution in [1.29, 1.82) is 0 Å². The predicted molar refractivity (Wildman–Crippen MR) is 228 cm³/mol. The van der Waals surface area contributed by atoms with E-state index in [1.807, 2.05) is 47.9 Å². The Kier molecular flexibility index (Phi) is 13.0. The molecule has 300 valence electrons. The van der Waals surface area contributed by atoms with E-state index in [1.165, 1.54) is 35.0 Å². The smallest absolute Gasteiger partial charge is 0.267 e. The quantitative estimate of drug-likeness (QED) is 0.171. The summed E-state index contributed by atoms with van der Waals surface area (Å²) >= 11 is 3.48. The number of hydrazone groups is 2. The Balaban J connectivity index is 0.000000190. The molecule has 1 fully saturated rings. The molecule has 7 rings (SSSR count). The number of halogens is 1. The fraction of sp³-hybridized carbons (Fsp3) is 0.590. The van der Waals surface area contributed by atoms with Crippen molar-refractivity contribution >= 4 is 72.6 Å². The molecule has 0 spiro atoms. The molecule has 5 aliphatic rings. The minimum atomic E-state index is -1.16. The van der Waals surface area contributed by atoms with Crippen molar-refractivity contribution in [3.63, 3.8) is 0 Å². The first kappa shape index (κ1) is 41.2. The Morgan fingerprint density at radius 2 is 1.18 bits per heavy atom. The first-order valence-electron chi connectivity index (χ1n) is 19.6. The van der Waals surface area contributed by atoms with Crippen LogP contribution in [0.2, 0.25) is 51.4 Å². The van der Waals surface area contributed by atoms with Gasteiger partial charge in [-0.05, 0) is 81.6 Å². The molecule has 2 unspecified atom stereocenters. The number of benzene rings is 2. The van der Waals surface area contributed by atoms with Crippen LogP contribution in [-0.4, -0.2) is 115 Å². The highest BCUT2D eigenvalue weighted by Crippen LogP contribution is 2.40. The van der Waals surface area contributed by atoms with Gasteiger partial charge in [-0.15, -0.1) is 0 Å². The van der Waals surface area contributed by atoms with E-state index in [-0.39, 0.29) is 37.4 Å². The summed E-state index contributed by atoms with van der Waals surface area (Å²) in [7, 11) is -2.30. The number of anilines is 3. The van der Waals surface area contributed by atoms with Crippen LogP contribution in [0.15, 0.2) is 51.1 Å². The van der Waals surface area contributed by atoms with Crippen molar-refractivity contribution in [2.45, 2.75) is 96.6 Å². The molecule has 55 heavy (non-hydrogen) atoms. The molecule has 0 N–H and O–H groups in total. The van der Waals surface area contributed by atoms with Crippen LogP contribution in [0.25, 0.3) is 0 Å². The highest BCUT2D eigenvalue weighted by molar-refractivity contribution is 9.10. The van der Waals surface area contributed by atoms with Crippen LogP contribution in [0.3, 0.4) is 0 Å². The van der Waals surface area contributed by atoms with Crippen molar-refractivity contribution in [3.05, 3.63) is 40.9 Å². The Bertz CT molecular complexity index is 1780. The summed E-state index contributed by atoms with van der Waals surface area (Å²) in [6.45, 7) is 22.3. The topological polar surface area (TPSA) is 112 Å². The number of carbonyl (C=O) groups is 2. The fourth-order valence-electron chi connectivity index (χ4n) is 6.96. The summed E-state index contributed by atoms with van der Waals surface area (Å²) in [4.78, 5) is 32.1. The average molecular weight is 857 g/mol. The number of piperidine rings is 1. The maximum atomic E-state index is 13.0. The summed E-state index contributed by atoms with van der Waals surface area (Å²) in [5.74, 6) is 2.97. The van der Waals surface area contributed by atoms with Gasteiger partial charge in [-0.25, -0.2) is 10.0 Å².